The highest BCUT2D eigenvalue weighted by atomic mass is 16.2. The van der Waals surface area contributed by atoms with Crippen LogP contribution in [0, 0.1) is 5.92 Å². The normalized spacial score (nSPS) is 15.6. The van der Waals surface area contributed by atoms with E-state index in [1.165, 1.54) is 5.56 Å². The highest BCUT2D eigenvalue weighted by molar-refractivity contribution is 5.78. The number of aromatic nitrogens is 2. The van der Waals surface area contributed by atoms with Crippen molar-refractivity contribution in [3.63, 3.8) is 0 Å². The van der Waals surface area contributed by atoms with Crippen LogP contribution in [-0.2, 0) is 17.8 Å². The van der Waals surface area contributed by atoms with E-state index >= 15 is 0 Å². The standard InChI is InChI=1S/C19H26N4O/c24-19(16-20-10-14-23-11-4-9-21-23)22-12-7-18(8-13-22)15-17-5-2-1-3-6-17/h1-6,9,11,18,20H,7-8,10,12-16H2. The van der Waals surface area contributed by atoms with E-state index in [1.807, 2.05) is 21.8 Å². The maximum absolute atomic E-state index is 12.3. The Morgan fingerprint density at radius 3 is 2.67 bits per heavy atom. The Kier molecular flexibility index (Phi) is 6.01. The smallest absolute Gasteiger partial charge is 0.236 e. The molecule has 1 amide bonds. The molecule has 0 spiro atoms. The van der Waals surface area contributed by atoms with Gasteiger partial charge in [-0.3, -0.25) is 9.48 Å². The minimum absolute atomic E-state index is 0.216. The Morgan fingerprint density at radius 2 is 1.96 bits per heavy atom. The number of benzene rings is 1. The first-order valence-corrected chi connectivity index (χ1v) is 8.81. The van der Waals surface area contributed by atoms with Crippen LogP contribution in [0.5, 0.6) is 0 Å². The van der Waals surface area contributed by atoms with Crippen LogP contribution in [0.4, 0.5) is 0 Å². The van der Waals surface area contributed by atoms with Crippen molar-refractivity contribution >= 4 is 5.91 Å². The number of nitrogens with zero attached hydrogens (tertiary/aromatic N) is 3. The van der Waals surface area contributed by atoms with E-state index in [-0.39, 0.29) is 5.91 Å². The average Bonchev–Trinajstić information content (AvgIpc) is 3.13. The molecule has 1 aromatic heterocycles. The largest absolute Gasteiger partial charge is 0.342 e. The van der Waals surface area contributed by atoms with Crippen molar-refractivity contribution in [2.75, 3.05) is 26.2 Å². The second-order valence-corrected chi connectivity index (χ2v) is 6.46. The summed E-state index contributed by atoms with van der Waals surface area (Å²) in [6, 6.07) is 12.6. The van der Waals surface area contributed by atoms with Gasteiger partial charge in [0.15, 0.2) is 0 Å². The topological polar surface area (TPSA) is 50.2 Å². The molecular weight excluding hydrogens is 300 g/mol. The zero-order valence-electron chi connectivity index (χ0n) is 14.1. The van der Waals surface area contributed by atoms with Gasteiger partial charge < -0.3 is 10.2 Å². The molecule has 1 saturated heterocycles. The van der Waals surface area contributed by atoms with Crippen molar-refractivity contribution in [3.05, 3.63) is 54.4 Å². The Hall–Kier alpha value is -2.14. The lowest BCUT2D eigenvalue weighted by atomic mass is 9.90. The number of rotatable bonds is 7. The van der Waals surface area contributed by atoms with Gasteiger partial charge in [0.1, 0.15) is 0 Å². The monoisotopic (exact) mass is 326 g/mol. The second kappa shape index (κ2) is 8.64. The van der Waals surface area contributed by atoms with E-state index < -0.39 is 0 Å². The number of nitrogens with one attached hydrogen (secondary N) is 1. The summed E-state index contributed by atoms with van der Waals surface area (Å²) >= 11 is 0. The molecule has 1 aromatic carbocycles. The predicted molar refractivity (Wildman–Crippen MR) is 94.5 cm³/mol. The highest BCUT2D eigenvalue weighted by Crippen LogP contribution is 2.21. The lowest BCUT2D eigenvalue weighted by Gasteiger charge is -2.32. The highest BCUT2D eigenvalue weighted by Gasteiger charge is 2.22. The van der Waals surface area contributed by atoms with Crippen LogP contribution >= 0.6 is 0 Å². The van der Waals surface area contributed by atoms with E-state index in [2.05, 4.69) is 40.7 Å². The lowest BCUT2D eigenvalue weighted by Crippen LogP contribution is -2.43. The van der Waals surface area contributed by atoms with Gasteiger partial charge in [0.25, 0.3) is 0 Å². The van der Waals surface area contributed by atoms with Crippen LogP contribution in [0.25, 0.3) is 0 Å². The quantitative estimate of drug-likeness (QED) is 0.791. The molecule has 0 unspecified atom stereocenters. The van der Waals surface area contributed by atoms with E-state index in [4.69, 9.17) is 0 Å². The first-order chi connectivity index (χ1) is 11.8. The summed E-state index contributed by atoms with van der Waals surface area (Å²) in [6.07, 6.45) is 7.04. The summed E-state index contributed by atoms with van der Waals surface area (Å²) in [7, 11) is 0. The van der Waals surface area contributed by atoms with Gasteiger partial charge >= 0.3 is 0 Å². The molecular formula is C19H26N4O. The van der Waals surface area contributed by atoms with Gasteiger partial charge in [0, 0.05) is 32.0 Å². The molecule has 5 heteroatoms. The molecule has 0 saturated carbocycles. The number of piperidine rings is 1. The van der Waals surface area contributed by atoms with Gasteiger partial charge in [0.05, 0.1) is 13.1 Å². The van der Waals surface area contributed by atoms with Crippen LogP contribution in [0.2, 0.25) is 0 Å². The van der Waals surface area contributed by atoms with Crippen molar-refractivity contribution in [2.24, 2.45) is 5.92 Å². The van der Waals surface area contributed by atoms with Crippen molar-refractivity contribution in [1.82, 2.24) is 20.0 Å². The van der Waals surface area contributed by atoms with Crippen LogP contribution in [-0.4, -0.2) is 46.8 Å². The van der Waals surface area contributed by atoms with Gasteiger partial charge in [0.2, 0.25) is 5.91 Å². The minimum Gasteiger partial charge on any atom is -0.342 e. The fourth-order valence-electron chi connectivity index (χ4n) is 3.27. The summed E-state index contributed by atoms with van der Waals surface area (Å²) in [5, 5.41) is 7.37. The van der Waals surface area contributed by atoms with Crippen molar-refractivity contribution in [3.8, 4) is 0 Å². The molecule has 0 bridgehead atoms. The van der Waals surface area contributed by atoms with E-state index in [1.54, 1.807) is 6.20 Å². The summed E-state index contributed by atoms with van der Waals surface area (Å²) in [5.41, 5.74) is 1.41. The Bertz CT molecular complexity index is 604. The van der Waals surface area contributed by atoms with Crippen molar-refractivity contribution in [2.45, 2.75) is 25.8 Å². The van der Waals surface area contributed by atoms with Crippen LogP contribution in [0.15, 0.2) is 48.8 Å². The summed E-state index contributed by atoms with van der Waals surface area (Å²) in [5.74, 6) is 0.915. The molecule has 1 aliphatic heterocycles. The lowest BCUT2D eigenvalue weighted by molar-refractivity contribution is -0.131. The van der Waals surface area contributed by atoms with Crippen LogP contribution in [0.1, 0.15) is 18.4 Å². The summed E-state index contributed by atoms with van der Waals surface area (Å²) in [4.78, 5) is 14.3. The maximum Gasteiger partial charge on any atom is 0.236 e. The third-order valence-electron chi connectivity index (χ3n) is 4.69. The first kappa shape index (κ1) is 16.7. The fourth-order valence-corrected chi connectivity index (χ4v) is 3.27. The van der Waals surface area contributed by atoms with Gasteiger partial charge in [-0.2, -0.15) is 5.10 Å². The molecule has 1 aliphatic rings. The number of likely N-dealkylation sites (tertiary alicyclic amines) is 1. The zero-order chi connectivity index (χ0) is 16.6. The van der Waals surface area contributed by atoms with E-state index in [9.17, 15) is 4.79 Å². The number of amides is 1. The van der Waals surface area contributed by atoms with Crippen LogP contribution < -0.4 is 5.32 Å². The van der Waals surface area contributed by atoms with Gasteiger partial charge in [-0.15, -0.1) is 0 Å². The third-order valence-corrected chi connectivity index (χ3v) is 4.69. The molecule has 5 nitrogen and oxygen atoms in total. The summed E-state index contributed by atoms with van der Waals surface area (Å²) < 4.78 is 1.87. The zero-order valence-corrected chi connectivity index (χ0v) is 14.1. The third kappa shape index (κ3) is 4.93. The molecule has 0 aliphatic carbocycles. The molecule has 1 fully saturated rings. The fraction of sp³-hybridized carbons (Fsp3) is 0.474. The molecule has 128 valence electrons. The molecule has 0 radical (unpaired) electrons. The molecule has 0 atom stereocenters. The molecule has 2 aromatic rings. The molecule has 24 heavy (non-hydrogen) atoms. The summed E-state index contributed by atoms with van der Waals surface area (Å²) in [6.45, 7) is 3.75. The average molecular weight is 326 g/mol. The SMILES string of the molecule is O=C(CNCCn1cccn1)N1CCC(Cc2ccccc2)CC1. The number of carbonyl (C=O) groups excluding carboxylic acids is 1. The van der Waals surface area contributed by atoms with Crippen molar-refractivity contribution in [1.29, 1.82) is 0 Å². The maximum atomic E-state index is 12.3. The molecule has 3 rings (SSSR count). The van der Waals surface area contributed by atoms with Crippen LogP contribution in [0.3, 0.4) is 0 Å². The number of carbonyl (C=O) groups is 1. The van der Waals surface area contributed by atoms with E-state index in [0.29, 0.717) is 12.5 Å². The minimum atomic E-state index is 0.216. The van der Waals surface area contributed by atoms with Gasteiger partial charge in [-0.05, 0) is 36.8 Å². The number of hydrogen-bond acceptors (Lipinski definition) is 3. The van der Waals surface area contributed by atoms with Gasteiger partial charge in [-0.25, -0.2) is 0 Å². The molecule has 1 N–H and O–H groups in total. The predicted octanol–water partition coefficient (Wildman–Crippen LogP) is 1.95. The Balaban J connectivity index is 1.33. The Labute approximate surface area is 143 Å². The molecule has 2 heterocycles. The Morgan fingerprint density at radius 1 is 1.17 bits per heavy atom. The second-order valence-electron chi connectivity index (χ2n) is 6.46. The van der Waals surface area contributed by atoms with Gasteiger partial charge in [-0.1, -0.05) is 30.3 Å². The first-order valence-electron chi connectivity index (χ1n) is 8.81. The number of hydrogen-bond donors (Lipinski definition) is 1. The van der Waals surface area contributed by atoms with Crippen molar-refractivity contribution < 1.29 is 4.79 Å². The van der Waals surface area contributed by atoms with E-state index in [0.717, 1.165) is 45.4 Å².